The third kappa shape index (κ3) is 9.53. The van der Waals surface area contributed by atoms with Gasteiger partial charge in [0.2, 0.25) is 11.8 Å². The van der Waals surface area contributed by atoms with Crippen molar-refractivity contribution in [3.63, 3.8) is 0 Å². The normalized spacial score (nSPS) is 16.3. The summed E-state index contributed by atoms with van der Waals surface area (Å²) in [6, 6.07) is 17.0. The van der Waals surface area contributed by atoms with Crippen LogP contribution in [0.4, 0.5) is 0 Å². The molecule has 0 saturated heterocycles. The fraction of sp³-hybridized carbons (Fsp3) is 0.484. The van der Waals surface area contributed by atoms with Gasteiger partial charge in [-0.05, 0) is 58.2 Å². The van der Waals surface area contributed by atoms with Crippen LogP contribution in [-0.4, -0.2) is 46.9 Å². The van der Waals surface area contributed by atoms with Crippen LogP contribution in [0, 0.1) is 0 Å². The molecule has 1 saturated carbocycles. The summed E-state index contributed by atoms with van der Waals surface area (Å²) in [4.78, 5) is 53.2. The molecule has 39 heavy (non-hydrogen) atoms. The summed E-state index contributed by atoms with van der Waals surface area (Å²) in [5.41, 5.74) is -1.22. The number of amides is 3. The lowest BCUT2D eigenvalue weighted by Gasteiger charge is -2.32. The van der Waals surface area contributed by atoms with E-state index in [-0.39, 0.29) is 18.4 Å². The first-order valence-electron chi connectivity index (χ1n) is 13.7. The van der Waals surface area contributed by atoms with E-state index in [4.69, 9.17) is 4.74 Å². The summed E-state index contributed by atoms with van der Waals surface area (Å²) in [7, 11) is 0. The first-order valence-corrected chi connectivity index (χ1v) is 13.7. The number of hydrogen-bond acceptors (Lipinski definition) is 5. The standard InChI is InChI=1S/C31H41N3O5/c1-30(2,3)39-26(35)21-31(4,34-27(36)23-16-10-6-11-17-23)29(38)33-25(20-22-14-8-5-9-15-22)28(37)32-24-18-12-7-13-19-24/h5-6,8-11,14-17,24-25H,7,12-13,18-21H2,1-4H3,(H,32,37)(H,33,38)(H,34,36)/t25-,31-/m0/s1. The molecule has 0 aliphatic heterocycles. The van der Waals surface area contributed by atoms with E-state index in [0.717, 1.165) is 37.7 Å². The van der Waals surface area contributed by atoms with Gasteiger partial charge >= 0.3 is 5.97 Å². The van der Waals surface area contributed by atoms with Crippen molar-refractivity contribution in [2.75, 3.05) is 0 Å². The largest absolute Gasteiger partial charge is 0.460 e. The molecule has 0 spiro atoms. The summed E-state index contributed by atoms with van der Waals surface area (Å²) < 4.78 is 5.47. The van der Waals surface area contributed by atoms with E-state index in [1.807, 2.05) is 30.3 Å². The second-order valence-corrected chi connectivity index (χ2v) is 11.5. The van der Waals surface area contributed by atoms with Gasteiger partial charge in [-0.3, -0.25) is 19.2 Å². The van der Waals surface area contributed by atoms with Crippen LogP contribution in [0.1, 0.15) is 82.1 Å². The van der Waals surface area contributed by atoms with Crippen LogP contribution in [-0.2, 0) is 25.5 Å². The third-order valence-corrected chi connectivity index (χ3v) is 6.70. The van der Waals surface area contributed by atoms with Crippen molar-refractivity contribution < 1.29 is 23.9 Å². The highest BCUT2D eigenvalue weighted by molar-refractivity contribution is 6.01. The van der Waals surface area contributed by atoms with Crippen LogP contribution in [0.3, 0.4) is 0 Å². The lowest BCUT2D eigenvalue weighted by Crippen LogP contribution is -2.62. The molecule has 1 aliphatic rings. The SMILES string of the molecule is CC(C)(C)OC(=O)C[C@](C)(NC(=O)c1ccccc1)C(=O)N[C@@H](Cc1ccccc1)C(=O)NC1CCCCC1. The smallest absolute Gasteiger partial charge is 0.309 e. The molecule has 1 fully saturated rings. The van der Waals surface area contributed by atoms with Crippen LogP contribution in [0.5, 0.6) is 0 Å². The maximum atomic E-state index is 13.8. The van der Waals surface area contributed by atoms with Crippen molar-refractivity contribution in [2.45, 2.75) is 95.9 Å². The zero-order chi connectivity index (χ0) is 28.5. The molecule has 0 unspecified atom stereocenters. The molecule has 8 nitrogen and oxygen atoms in total. The molecule has 2 aromatic rings. The number of nitrogens with one attached hydrogen (secondary N) is 3. The van der Waals surface area contributed by atoms with Crippen molar-refractivity contribution in [2.24, 2.45) is 0 Å². The van der Waals surface area contributed by atoms with Gasteiger partial charge in [-0.1, -0.05) is 67.8 Å². The van der Waals surface area contributed by atoms with E-state index in [1.165, 1.54) is 6.92 Å². The van der Waals surface area contributed by atoms with Gasteiger partial charge in [0.25, 0.3) is 5.91 Å². The second kappa shape index (κ2) is 13.4. The first kappa shape index (κ1) is 29.9. The topological polar surface area (TPSA) is 114 Å². The fourth-order valence-corrected chi connectivity index (χ4v) is 4.69. The van der Waals surface area contributed by atoms with Gasteiger partial charge in [-0.15, -0.1) is 0 Å². The zero-order valence-corrected chi connectivity index (χ0v) is 23.4. The molecule has 210 valence electrons. The van der Waals surface area contributed by atoms with Crippen LogP contribution in [0.2, 0.25) is 0 Å². The van der Waals surface area contributed by atoms with Crippen molar-refractivity contribution >= 4 is 23.7 Å². The Balaban J connectivity index is 1.85. The predicted octanol–water partition coefficient (Wildman–Crippen LogP) is 4.08. The third-order valence-electron chi connectivity index (χ3n) is 6.70. The van der Waals surface area contributed by atoms with Crippen molar-refractivity contribution in [3.05, 3.63) is 71.8 Å². The zero-order valence-electron chi connectivity index (χ0n) is 23.4. The van der Waals surface area contributed by atoms with Gasteiger partial charge in [-0.25, -0.2) is 0 Å². The number of benzene rings is 2. The Labute approximate surface area is 231 Å². The van der Waals surface area contributed by atoms with Gasteiger partial charge in [0.05, 0.1) is 6.42 Å². The van der Waals surface area contributed by atoms with Crippen LogP contribution >= 0.6 is 0 Å². The number of ether oxygens (including phenoxy) is 1. The highest BCUT2D eigenvalue weighted by atomic mass is 16.6. The van der Waals surface area contributed by atoms with Gasteiger partial charge < -0.3 is 20.7 Å². The monoisotopic (exact) mass is 535 g/mol. The summed E-state index contributed by atoms with van der Waals surface area (Å²) in [6.45, 7) is 6.68. The molecule has 2 atom stereocenters. The first-order chi connectivity index (χ1) is 18.4. The van der Waals surface area contributed by atoms with Crippen molar-refractivity contribution in [1.29, 1.82) is 0 Å². The molecule has 0 heterocycles. The highest BCUT2D eigenvalue weighted by Gasteiger charge is 2.41. The minimum atomic E-state index is -1.67. The molecule has 1 aliphatic carbocycles. The summed E-state index contributed by atoms with van der Waals surface area (Å²) >= 11 is 0. The van der Waals surface area contributed by atoms with Crippen LogP contribution < -0.4 is 16.0 Å². The summed E-state index contributed by atoms with van der Waals surface area (Å²) in [5, 5.41) is 8.68. The Morgan fingerprint density at radius 2 is 1.46 bits per heavy atom. The molecule has 0 bridgehead atoms. The molecule has 3 amide bonds. The number of carbonyl (C=O) groups is 4. The van der Waals surface area contributed by atoms with Crippen LogP contribution in [0.15, 0.2) is 60.7 Å². The Bertz CT molecular complexity index is 1120. The summed E-state index contributed by atoms with van der Waals surface area (Å²) in [6.07, 6.45) is 4.93. The molecule has 0 aromatic heterocycles. The molecular weight excluding hydrogens is 494 g/mol. The maximum absolute atomic E-state index is 13.8. The van der Waals surface area contributed by atoms with Gasteiger partial charge in [0, 0.05) is 18.0 Å². The molecular formula is C31H41N3O5. The molecule has 2 aromatic carbocycles. The lowest BCUT2D eigenvalue weighted by atomic mass is 9.93. The quantitative estimate of drug-likeness (QED) is 0.397. The molecule has 0 radical (unpaired) electrons. The number of esters is 1. The van der Waals surface area contributed by atoms with E-state index in [9.17, 15) is 19.2 Å². The van der Waals surface area contributed by atoms with Gasteiger partial charge in [0.15, 0.2) is 0 Å². The van der Waals surface area contributed by atoms with E-state index in [2.05, 4.69) is 16.0 Å². The van der Waals surface area contributed by atoms with Crippen molar-refractivity contribution in [1.82, 2.24) is 16.0 Å². The molecule has 3 N–H and O–H groups in total. The van der Waals surface area contributed by atoms with E-state index in [0.29, 0.717) is 5.56 Å². The van der Waals surface area contributed by atoms with E-state index >= 15 is 0 Å². The fourth-order valence-electron chi connectivity index (χ4n) is 4.69. The van der Waals surface area contributed by atoms with Crippen molar-refractivity contribution in [3.8, 4) is 0 Å². The average Bonchev–Trinajstić information content (AvgIpc) is 2.88. The molecule has 3 rings (SSSR count). The minimum absolute atomic E-state index is 0.0624. The van der Waals surface area contributed by atoms with Gasteiger partial charge in [0.1, 0.15) is 17.2 Å². The Morgan fingerprint density at radius 3 is 2.05 bits per heavy atom. The lowest BCUT2D eigenvalue weighted by molar-refractivity contribution is -0.158. The molecule has 8 heteroatoms. The Morgan fingerprint density at radius 1 is 0.872 bits per heavy atom. The predicted molar refractivity (Wildman–Crippen MR) is 150 cm³/mol. The minimum Gasteiger partial charge on any atom is -0.460 e. The summed E-state index contributed by atoms with van der Waals surface area (Å²) in [5.74, 6) is -2.08. The maximum Gasteiger partial charge on any atom is 0.309 e. The van der Waals surface area contributed by atoms with E-state index < -0.39 is 41.4 Å². The Kier molecular flexibility index (Phi) is 10.3. The number of rotatable bonds is 10. The van der Waals surface area contributed by atoms with Gasteiger partial charge in [-0.2, -0.15) is 0 Å². The number of hydrogen-bond donors (Lipinski definition) is 3. The van der Waals surface area contributed by atoms with Crippen LogP contribution in [0.25, 0.3) is 0 Å². The highest BCUT2D eigenvalue weighted by Crippen LogP contribution is 2.20. The second-order valence-electron chi connectivity index (χ2n) is 11.5. The Hall–Kier alpha value is -3.68. The average molecular weight is 536 g/mol. The number of carbonyl (C=O) groups excluding carboxylic acids is 4. The van der Waals surface area contributed by atoms with E-state index in [1.54, 1.807) is 51.1 Å².